The van der Waals surface area contributed by atoms with Gasteiger partial charge in [-0.2, -0.15) is 0 Å². The molecule has 2 aromatic carbocycles. The van der Waals surface area contributed by atoms with Crippen molar-refractivity contribution < 1.29 is 14.0 Å². The fraction of sp³-hybridized carbons (Fsp3) is 0.158. The van der Waals surface area contributed by atoms with E-state index in [9.17, 15) is 14.0 Å². The Morgan fingerprint density at radius 3 is 2.41 bits per heavy atom. The van der Waals surface area contributed by atoms with Crippen molar-refractivity contribution in [3.8, 4) is 0 Å². The molecule has 0 bridgehead atoms. The summed E-state index contributed by atoms with van der Waals surface area (Å²) in [5.41, 5.74) is 1.05. The lowest BCUT2D eigenvalue weighted by atomic mass is 10.1. The number of rotatable bonds is 7. The summed E-state index contributed by atoms with van der Waals surface area (Å²) in [5.74, 6) is -0.843. The van der Waals surface area contributed by atoms with E-state index < -0.39 is 5.82 Å². The van der Waals surface area contributed by atoms with Gasteiger partial charge in [-0.25, -0.2) is 4.39 Å². The number of nitrogens with zero attached hydrogens (tertiary/aromatic N) is 3. The van der Waals surface area contributed by atoms with Crippen LogP contribution >= 0.6 is 11.8 Å². The molecule has 0 unspecified atom stereocenters. The number of anilines is 1. The summed E-state index contributed by atoms with van der Waals surface area (Å²) >= 11 is 1.47. The van der Waals surface area contributed by atoms with E-state index in [4.69, 9.17) is 0 Å². The van der Waals surface area contributed by atoms with Gasteiger partial charge in [-0.3, -0.25) is 9.59 Å². The number of nitrogens with one attached hydrogen (secondary N) is 1. The number of Topliss-reactive ketones (excluding diaryl/α,β-unsaturated/α-hetero) is 1. The molecular formula is C19H17FN4O2S. The number of amides is 1. The minimum absolute atomic E-state index is 0.0612. The zero-order valence-electron chi connectivity index (χ0n) is 14.6. The molecule has 1 heterocycles. The molecular weight excluding hydrogens is 367 g/mol. The van der Waals surface area contributed by atoms with Gasteiger partial charge < -0.3 is 9.88 Å². The fourth-order valence-corrected chi connectivity index (χ4v) is 3.07. The Bertz CT molecular complexity index is 939. The van der Waals surface area contributed by atoms with Crippen LogP contribution < -0.4 is 5.32 Å². The summed E-state index contributed by atoms with van der Waals surface area (Å²) in [5, 5.41) is 11.4. The first-order valence-corrected chi connectivity index (χ1v) is 9.03. The maximum atomic E-state index is 12.9. The van der Waals surface area contributed by atoms with Gasteiger partial charge in [0.25, 0.3) is 0 Å². The van der Waals surface area contributed by atoms with Gasteiger partial charge in [-0.05, 0) is 60.3 Å². The summed E-state index contributed by atoms with van der Waals surface area (Å²) in [6, 6.07) is 12.6. The average Bonchev–Trinajstić information content (AvgIpc) is 3.06. The molecule has 0 aliphatic heterocycles. The van der Waals surface area contributed by atoms with Gasteiger partial charge in [0.1, 0.15) is 12.1 Å². The number of aryl methyl sites for hydroxylation is 1. The number of benzene rings is 2. The van der Waals surface area contributed by atoms with Gasteiger partial charge in [0.15, 0.2) is 10.9 Å². The molecule has 3 aromatic rings. The molecule has 0 saturated carbocycles. The van der Waals surface area contributed by atoms with E-state index in [0.29, 0.717) is 11.3 Å². The minimum Gasteiger partial charge on any atom is -0.326 e. The van der Waals surface area contributed by atoms with E-state index in [1.54, 1.807) is 18.5 Å². The Morgan fingerprint density at radius 2 is 1.78 bits per heavy atom. The zero-order chi connectivity index (χ0) is 19.2. The van der Waals surface area contributed by atoms with Crippen LogP contribution in [0.4, 0.5) is 10.1 Å². The van der Waals surface area contributed by atoms with E-state index in [2.05, 4.69) is 15.5 Å². The summed E-state index contributed by atoms with van der Waals surface area (Å²) in [6.07, 6.45) is 1.76. The minimum atomic E-state index is -0.398. The van der Waals surface area contributed by atoms with Gasteiger partial charge in [0.05, 0.1) is 0 Å². The highest BCUT2D eigenvalue weighted by molar-refractivity contribution is 7.99. The van der Waals surface area contributed by atoms with Crippen molar-refractivity contribution in [1.29, 1.82) is 0 Å². The molecule has 0 atom stereocenters. The molecule has 0 fully saturated rings. The van der Waals surface area contributed by atoms with Crippen LogP contribution in [0.5, 0.6) is 0 Å². The highest BCUT2D eigenvalue weighted by Crippen LogP contribution is 2.26. The lowest BCUT2D eigenvalue weighted by Gasteiger charge is -2.06. The van der Waals surface area contributed by atoms with Crippen LogP contribution in [0, 0.1) is 5.82 Å². The molecule has 1 aromatic heterocycles. The van der Waals surface area contributed by atoms with E-state index in [-0.39, 0.29) is 24.5 Å². The molecule has 138 valence electrons. The molecule has 0 aliphatic rings. The summed E-state index contributed by atoms with van der Waals surface area (Å²) in [6.45, 7) is 0. The molecule has 27 heavy (non-hydrogen) atoms. The summed E-state index contributed by atoms with van der Waals surface area (Å²) in [7, 11) is 1.87. The van der Waals surface area contributed by atoms with Crippen molar-refractivity contribution in [1.82, 2.24) is 14.8 Å². The van der Waals surface area contributed by atoms with Crippen molar-refractivity contribution in [2.24, 2.45) is 7.05 Å². The molecule has 1 amide bonds. The SMILES string of the molecule is Cn1cnnc1Sc1ccc(NC(=O)CCC(=O)c2ccc(F)cc2)cc1. The van der Waals surface area contributed by atoms with Crippen molar-refractivity contribution in [3.05, 3.63) is 66.2 Å². The third kappa shape index (κ3) is 5.24. The molecule has 0 spiro atoms. The fourth-order valence-electron chi connectivity index (χ4n) is 2.31. The van der Waals surface area contributed by atoms with E-state index >= 15 is 0 Å². The van der Waals surface area contributed by atoms with E-state index in [0.717, 1.165) is 10.1 Å². The highest BCUT2D eigenvalue weighted by atomic mass is 32.2. The predicted octanol–water partition coefficient (Wildman–Crippen LogP) is 3.71. The molecule has 0 saturated heterocycles. The van der Waals surface area contributed by atoms with E-state index in [1.165, 1.54) is 36.0 Å². The molecule has 0 aliphatic carbocycles. The lowest BCUT2D eigenvalue weighted by Crippen LogP contribution is -2.13. The molecule has 0 radical (unpaired) electrons. The Hall–Kier alpha value is -3.00. The van der Waals surface area contributed by atoms with Crippen molar-refractivity contribution in [2.45, 2.75) is 22.9 Å². The number of ketones is 1. The van der Waals surface area contributed by atoms with Crippen LogP contribution in [0.3, 0.4) is 0 Å². The first kappa shape index (κ1) is 18.8. The molecule has 8 heteroatoms. The predicted molar refractivity (Wildman–Crippen MR) is 100 cm³/mol. The first-order valence-electron chi connectivity index (χ1n) is 8.22. The Kier molecular flexibility index (Phi) is 5.97. The first-order chi connectivity index (χ1) is 13.0. The number of hydrogen-bond donors (Lipinski definition) is 1. The second-order valence-electron chi connectivity index (χ2n) is 5.83. The number of hydrogen-bond acceptors (Lipinski definition) is 5. The van der Waals surface area contributed by atoms with Crippen molar-refractivity contribution in [2.75, 3.05) is 5.32 Å². The van der Waals surface area contributed by atoms with Crippen LogP contribution in [-0.2, 0) is 11.8 Å². The maximum absolute atomic E-state index is 12.9. The average molecular weight is 384 g/mol. The molecule has 3 rings (SSSR count). The topological polar surface area (TPSA) is 76.9 Å². The smallest absolute Gasteiger partial charge is 0.224 e. The van der Waals surface area contributed by atoms with Crippen molar-refractivity contribution in [3.63, 3.8) is 0 Å². The van der Waals surface area contributed by atoms with Gasteiger partial charge >= 0.3 is 0 Å². The second kappa shape index (κ2) is 8.59. The lowest BCUT2D eigenvalue weighted by molar-refractivity contribution is -0.116. The van der Waals surface area contributed by atoms with Crippen molar-refractivity contribution >= 4 is 29.1 Å². The molecule has 6 nitrogen and oxygen atoms in total. The standard InChI is InChI=1S/C19H17FN4O2S/c1-24-12-21-23-19(24)27-16-8-6-15(7-9-16)22-18(26)11-10-17(25)13-2-4-14(20)5-3-13/h2-9,12H,10-11H2,1H3,(H,22,26). The van der Waals surface area contributed by atoms with Crippen LogP contribution in [0.25, 0.3) is 0 Å². The van der Waals surface area contributed by atoms with Gasteiger partial charge in [-0.1, -0.05) is 0 Å². The monoisotopic (exact) mass is 384 g/mol. The highest BCUT2D eigenvalue weighted by Gasteiger charge is 2.10. The van der Waals surface area contributed by atoms with Crippen LogP contribution in [0.1, 0.15) is 23.2 Å². The largest absolute Gasteiger partial charge is 0.326 e. The Labute approximate surface area is 159 Å². The van der Waals surface area contributed by atoms with Gasteiger partial charge in [-0.15, -0.1) is 10.2 Å². The Morgan fingerprint density at radius 1 is 1.07 bits per heavy atom. The quantitative estimate of drug-likeness (QED) is 0.629. The third-order valence-electron chi connectivity index (χ3n) is 3.76. The van der Waals surface area contributed by atoms with Crippen LogP contribution in [-0.4, -0.2) is 26.5 Å². The van der Waals surface area contributed by atoms with Gasteiger partial charge in [0, 0.05) is 36.0 Å². The van der Waals surface area contributed by atoms with Crippen LogP contribution in [0.15, 0.2) is 64.9 Å². The number of carbonyl (C=O) groups is 2. The third-order valence-corrected chi connectivity index (χ3v) is 4.82. The van der Waals surface area contributed by atoms with E-state index in [1.807, 2.05) is 23.7 Å². The number of halogens is 1. The zero-order valence-corrected chi connectivity index (χ0v) is 15.4. The second-order valence-corrected chi connectivity index (χ2v) is 6.87. The molecule has 1 N–H and O–H groups in total. The van der Waals surface area contributed by atoms with Gasteiger partial charge in [0.2, 0.25) is 5.91 Å². The Balaban J connectivity index is 1.49. The van der Waals surface area contributed by atoms with Crippen LogP contribution in [0.2, 0.25) is 0 Å². The normalized spacial score (nSPS) is 10.6. The maximum Gasteiger partial charge on any atom is 0.224 e. The summed E-state index contributed by atoms with van der Waals surface area (Å²) in [4.78, 5) is 25.0. The summed E-state index contributed by atoms with van der Waals surface area (Å²) < 4.78 is 14.7. The number of aromatic nitrogens is 3. The number of carbonyl (C=O) groups excluding carboxylic acids is 2.